The van der Waals surface area contributed by atoms with E-state index in [1.54, 1.807) is 6.92 Å². The Bertz CT molecular complexity index is 1280. The van der Waals surface area contributed by atoms with Gasteiger partial charge in [0, 0.05) is 11.9 Å². The molecule has 1 amide bonds. The number of allylic oxidation sites excluding steroid dienone is 2. The number of carbonyl (C=O) groups is 1. The molecule has 1 aliphatic rings. The summed E-state index contributed by atoms with van der Waals surface area (Å²) in [5, 5.41) is 26.3. The number of halogens is 3. The Morgan fingerprint density at radius 1 is 1.22 bits per heavy atom. The van der Waals surface area contributed by atoms with E-state index in [-0.39, 0.29) is 29.3 Å². The minimum atomic E-state index is -4.86. The molecule has 0 spiro atoms. The number of carbonyl (C=O) groups excluding carboxylic acids is 1. The van der Waals surface area contributed by atoms with Crippen molar-refractivity contribution in [2.45, 2.75) is 13.1 Å². The van der Waals surface area contributed by atoms with E-state index in [0.717, 1.165) is 6.20 Å². The Balaban J connectivity index is 1.68. The molecule has 4 rings (SSSR count). The lowest BCUT2D eigenvalue weighted by Crippen LogP contribution is -2.34. The third-order valence-electron chi connectivity index (χ3n) is 4.56. The summed E-state index contributed by atoms with van der Waals surface area (Å²) >= 11 is 0. The zero-order valence-corrected chi connectivity index (χ0v) is 16.4. The maximum atomic E-state index is 13.9. The first-order valence-electron chi connectivity index (χ1n) is 9.12. The van der Waals surface area contributed by atoms with Crippen LogP contribution >= 0.6 is 0 Å². The molecule has 2 N–H and O–H groups in total. The molecule has 1 aliphatic heterocycles. The van der Waals surface area contributed by atoms with Crippen molar-refractivity contribution in [3.63, 3.8) is 0 Å². The Morgan fingerprint density at radius 2 is 1.97 bits per heavy atom. The highest BCUT2D eigenvalue weighted by Gasteiger charge is 2.41. The van der Waals surface area contributed by atoms with E-state index >= 15 is 0 Å². The van der Waals surface area contributed by atoms with Gasteiger partial charge in [0.2, 0.25) is 0 Å². The van der Waals surface area contributed by atoms with Crippen LogP contribution < -0.4 is 10.6 Å². The van der Waals surface area contributed by atoms with E-state index in [4.69, 9.17) is 0 Å². The van der Waals surface area contributed by atoms with Gasteiger partial charge in [-0.25, -0.2) is 4.68 Å². The van der Waals surface area contributed by atoms with Gasteiger partial charge in [-0.2, -0.15) is 33.7 Å². The zero-order valence-electron chi connectivity index (χ0n) is 16.4. The molecule has 0 fully saturated rings. The number of aryl methyl sites for hydroxylation is 1. The topological polar surface area (TPSA) is 126 Å². The molecule has 13 heteroatoms. The Kier molecular flexibility index (Phi) is 5.19. The van der Waals surface area contributed by atoms with Gasteiger partial charge in [0.15, 0.2) is 11.5 Å². The molecule has 0 atom stereocenters. The molecule has 0 radical (unpaired) electrons. The van der Waals surface area contributed by atoms with Gasteiger partial charge in [0.05, 0.1) is 48.2 Å². The van der Waals surface area contributed by atoms with Crippen LogP contribution in [0.4, 0.5) is 13.2 Å². The summed E-state index contributed by atoms with van der Waals surface area (Å²) in [6.07, 6.45) is 2.86. The minimum Gasteiger partial charge on any atom is -0.362 e. The van der Waals surface area contributed by atoms with Crippen molar-refractivity contribution in [3.8, 4) is 11.8 Å². The van der Waals surface area contributed by atoms with Crippen LogP contribution in [-0.2, 0) is 6.18 Å². The number of rotatable bonds is 4. The first kappa shape index (κ1) is 20.8. The van der Waals surface area contributed by atoms with E-state index in [1.807, 2.05) is 6.07 Å². The number of aromatic nitrogens is 6. The highest BCUT2D eigenvalue weighted by atomic mass is 19.4. The van der Waals surface area contributed by atoms with Crippen LogP contribution in [0.2, 0.25) is 0 Å². The Hall–Kier alpha value is -4.47. The largest absolute Gasteiger partial charge is 0.434 e. The summed E-state index contributed by atoms with van der Waals surface area (Å²) in [6.45, 7) is 1.64. The summed E-state index contributed by atoms with van der Waals surface area (Å²) in [5.41, 5.74) is -0.996. The lowest BCUT2D eigenvalue weighted by atomic mass is 10.1. The van der Waals surface area contributed by atoms with Crippen molar-refractivity contribution in [1.82, 2.24) is 40.4 Å². The van der Waals surface area contributed by atoms with Crippen molar-refractivity contribution in [1.29, 1.82) is 5.26 Å². The van der Waals surface area contributed by atoms with Crippen molar-refractivity contribution in [3.05, 3.63) is 71.2 Å². The number of dihydropyridines is 1. The van der Waals surface area contributed by atoms with Crippen LogP contribution in [0.25, 0.3) is 11.5 Å². The highest BCUT2D eigenvalue weighted by molar-refractivity contribution is 5.96. The molecule has 10 nitrogen and oxygen atoms in total. The van der Waals surface area contributed by atoms with Gasteiger partial charge >= 0.3 is 6.18 Å². The molecule has 3 aromatic rings. The maximum Gasteiger partial charge on any atom is 0.434 e. The molecule has 0 aliphatic carbocycles. The van der Waals surface area contributed by atoms with Crippen LogP contribution in [0.5, 0.6) is 0 Å². The summed E-state index contributed by atoms with van der Waals surface area (Å²) in [4.78, 5) is 17.8. The van der Waals surface area contributed by atoms with Gasteiger partial charge in [0.1, 0.15) is 6.07 Å². The quantitative estimate of drug-likeness (QED) is 0.632. The molecule has 0 saturated carbocycles. The molecule has 3 aromatic heterocycles. The second kappa shape index (κ2) is 7.99. The van der Waals surface area contributed by atoms with Gasteiger partial charge in [-0.15, -0.1) is 4.80 Å². The predicted octanol–water partition coefficient (Wildman–Crippen LogP) is 1.80. The van der Waals surface area contributed by atoms with Gasteiger partial charge in [-0.05, 0) is 24.6 Å². The zero-order chi connectivity index (χ0) is 22.9. The smallest absolute Gasteiger partial charge is 0.362 e. The third kappa shape index (κ3) is 3.81. The highest BCUT2D eigenvalue weighted by Crippen LogP contribution is 2.34. The monoisotopic (exact) mass is 441 g/mol. The van der Waals surface area contributed by atoms with Crippen molar-refractivity contribution in [2.24, 2.45) is 0 Å². The number of amides is 1. The van der Waals surface area contributed by atoms with Gasteiger partial charge in [-0.1, -0.05) is 0 Å². The second-order valence-corrected chi connectivity index (χ2v) is 6.65. The standard InChI is InChI=1S/C19H14F3N9O/c1-11-2-3-24-10-15(11)30-16(19(20,21)22)14(9-28-30)18(32)29-13-6-12(7-23)17(25-8-13)31-26-4-5-27-31/h2-6,9-10,25H,8H2,1H3,(H,29,32). The number of pyridine rings is 1. The Labute approximate surface area is 178 Å². The molecule has 162 valence electrons. The number of nitrogens with one attached hydrogen (secondary N) is 2. The van der Waals surface area contributed by atoms with Crippen LogP contribution in [-0.4, -0.2) is 42.2 Å². The van der Waals surface area contributed by atoms with Crippen molar-refractivity contribution in [2.75, 3.05) is 6.54 Å². The van der Waals surface area contributed by atoms with Crippen molar-refractivity contribution < 1.29 is 18.0 Å². The summed E-state index contributed by atoms with van der Waals surface area (Å²) < 4.78 is 42.2. The summed E-state index contributed by atoms with van der Waals surface area (Å²) in [5.74, 6) is -0.734. The van der Waals surface area contributed by atoms with Crippen LogP contribution in [0.1, 0.15) is 21.6 Å². The summed E-state index contributed by atoms with van der Waals surface area (Å²) in [7, 11) is 0. The van der Waals surface area contributed by atoms with E-state index < -0.39 is 23.3 Å². The number of nitrogens with zero attached hydrogens (tertiary/aromatic N) is 7. The molecule has 0 bridgehead atoms. The molecular formula is C19H14F3N9O. The van der Waals surface area contributed by atoms with Gasteiger partial charge in [0.25, 0.3) is 5.91 Å². The average molecular weight is 441 g/mol. The third-order valence-corrected chi connectivity index (χ3v) is 4.56. The fraction of sp³-hybridized carbons (Fsp3) is 0.158. The van der Waals surface area contributed by atoms with Crippen LogP contribution in [0.3, 0.4) is 0 Å². The Morgan fingerprint density at radius 3 is 2.62 bits per heavy atom. The fourth-order valence-electron chi connectivity index (χ4n) is 3.10. The number of hydrogen-bond donors (Lipinski definition) is 2. The van der Waals surface area contributed by atoms with Crippen LogP contribution in [0, 0.1) is 18.3 Å². The SMILES string of the molecule is Cc1ccncc1-n1ncc(C(=O)NC2=CC(C#N)=C(n3nccn3)NC2)c1C(F)(F)F. The minimum absolute atomic E-state index is 0.0327. The fourth-order valence-corrected chi connectivity index (χ4v) is 3.10. The molecule has 4 heterocycles. The van der Waals surface area contributed by atoms with Crippen LogP contribution in [0.15, 0.2) is 54.4 Å². The lowest BCUT2D eigenvalue weighted by molar-refractivity contribution is -0.143. The van der Waals surface area contributed by atoms with E-state index in [1.165, 1.54) is 41.7 Å². The maximum absolute atomic E-state index is 13.9. The van der Waals surface area contributed by atoms with Gasteiger partial charge < -0.3 is 10.6 Å². The predicted molar refractivity (Wildman–Crippen MR) is 104 cm³/mol. The van der Waals surface area contributed by atoms with Crippen molar-refractivity contribution >= 4 is 11.7 Å². The number of alkyl halides is 3. The first-order chi connectivity index (χ1) is 15.3. The summed E-state index contributed by atoms with van der Waals surface area (Å²) in [6, 6.07) is 3.48. The molecular weight excluding hydrogens is 427 g/mol. The van der Waals surface area contributed by atoms with Gasteiger partial charge in [-0.3, -0.25) is 9.78 Å². The molecule has 0 saturated heterocycles. The van der Waals surface area contributed by atoms with E-state index in [9.17, 15) is 23.2 Å². The number of hydrogen-bond acceptors (Lipinski definition) is 7. The van der Waals surface area contributed by atoms with E-state index in [2.05, 4.69) is 30.9 Å². The first-order valence-corrected chi connectivity index (χ1v) is 9.12. The number of nitriles is 1. The molecule has 32 heavy (non-hydrogen) atoms. The second-order valence-electron chi connectivity index (χ2n) is 6.65. The molecule has 0 aromatic carbocycles. The normalized spacial score (nSPS) is 13.9. The molecule has 0 unspecified atom stereocenters. The lowest BCUT2D eigenvalue weighted by Gasteiger charge is -2.19. The average Bonchev–Trinajstić information content (AvgIpc) is 3.44. The van der Waals surface area contributed by atoms with E-state index in [0.29, 0.717) is 10.2 Å².